The van der Waals surface area contributed by atoms with Crippen LogP contribution in [-0.2, 0) is 14.3 Å². The van der Waals surface area contributed by atoms with Crippen molar-refractivity contribution >= 4 is 5.97 Å². The van der Waals surface area contributed by atoms with Crippen LogP contribution in [-0.4, -0.2) is 18.7 Å². The molecule has 0 unspecified atom stereocenters. The summed E-state index contributed by atoms with van der Waals surface area (Å²) in [7, 11) is 1.43. The minimum atomic E-state index is -0.647. The summed E-state index contributed by atoms with van der Waals surface area (Å²) in [6.07, 6.45) is 7.39. The monoisotopic (exact) mass is 222 g/mol. The standard InChI is InChI=1S/C13H18O3/c1-4-13-8-6-5-7-12(13,11(14)15-3)9-10(2)16-13/h4,9H,1,5-8H2,2-3H3/t12-,13-/m1/s1. The molecule has 0 saturated heterocycles. The van der Waals surface area contributed by atoms with Gasteiger partial charge in [-0.05, 0) is 38.3 Å². The van der Waals surface area contributed by atoms with Gasteiger partial charge in [0.1, 0.15) is 11.0 Å². The highest BCUT2D eigenvalue weighted by Crippen LogP contribution is 2.54. The number of allylic oxidation sites excluding steroid dienone is 1. The Bertz CT molecular complexity index is 358. The predicted molar refractivity (Wildman–Crippen MR) is 60.7 cm³/mol. The van der Waals surface area contributed by atoms with Gasteiger partial charge in [0.15, 0.2) is 0 Å². The van der Waals surface area contributed by atoms with E-state index >= 15 is 0 Å². The lowest BCUT2D eigenvalue weighted by Crippen LogP contribution is -2.51. The Morgan fingerprint density at radius 1 is 1.56 bits per heavy atom. The first-order valence-corrected chi connectivity index (χ1v) is 5.71. The molecule has 1 fully saturated rings. The van der Waals surface area contributed by atoms with Gasteiger partial charge in [-0.1, -0.05) is 13.0 Å². The summed E-state index contributed by atoms with van der Waals surface area (Å²) in [5.74, 6) is 0.594. The third kappa shape index (κ3) is 1.24. The lowest BCUT2D eigenvalue weighted by atomic mass is 9.63. The lowest BCUT2D eigenvalue weighted by molar-refractivity contribution is -0.162. The molecular weight excluding hydrogens is 204 g/mol. The maximum Gasteiger partial charge on any atom is 0.320 e. The summed E-state index contributed by atoms with van der Waals surface area (Å²) >= 11 is 0. The number of esters is 1. The highest BCUT2D eigenvalue weighted by molar-refractivity contribution is 5.82. The van der Waals surface area contributed by atoms with Gasteiger partial charge in [-0.3, -0.25) is 4.79 Å². The first kappa shape index (κ1) is 11.2. The van der Waals surface area contributed by atoms with Crippen LogP contribution in [0.2, 0.25) is 0 Å². The smallest absolute Gasteiger partial charge is 0.320 e. The highest BCUT2D eigenvalue weighted by Gasteiger charge is 2.60. The molecule has 0 aromatic heterocycles. The zero-order valence-corrected chi connectivity index (χ0v) is 9.91. The minimum Gasteiger partial charge on any atom is -0.487 e. The molecule has 0 radical (unpaired) electrons. The predicted octanol–water partition coefficient (Wildman–Crippen LogP) is 2.58. The Labute approximate surface area is 96.1 Å². The van der Waals surface area contributed by atoms with E-state index in [0.29, 0.717) is 0 Å². The van der Waals surface area contributed by atoms with E-state index in [4.69, 9.17) is 9.47 Å². The van der Waals surface area contributed by atoms with E-state index in [9.17, 15) is 4.79 Å². The van der Waals surface area contributed by atoms with Crippen molar-refractivity contribution in [2.75, 3.05) is 7.11 Å². The van der Waals surface area contributed by atoms with Crippen molar-refractivity contribution in [1.29, 1.82) is 0 Å². The second kappa shape index (κ2) is 3.65. The average Bonchev–Trinajstić information content (AvgIpc) is 2.61. The van der Waals surface area contributed by atoms with E-state index in [1.54, 1.807) is 6.08 Å². The summed E-state index contributed by atoms with van der Waals surface area (Å²) in [4.78, 5) is 12.1. The van der Waals surface area contributed by atoms with E-state index in [0.717, 1.165) is 31.4 Å². The zero-order valence-electron chi connectivity index (χ0n) is 9.91. The third-order valence-corrected chi connectivity index (χ3v) is 3.80. The van der Waals surface area contributed by atoms with Gasteiger partial charge < -0.3 is 9.47 Å². The molecule has 0 aromatic carbocycles. The molecule has 1 saturated carbocycles. The fourth-order valence-electron chi connectivity index (χ4n) is 3.07. The molecule has 0 aromatic rings. The first-order chi connectivity index (χ1) is 7.60. The van der Waals surface area contributed by atoms with Crippen LogP contribution in [0.4, 0.5) is 0 Å². The first-order valence-electron chi connectivity index (χ1n) is 5.71. The molecule has 0 amide bonds. The van der Waals surface area contributed by atoms with Crippen molar-refractivity contribution in [1.82, 2.24) is 0 Å². The van der Waals surface area contributed by atoms with Crippen LogP contribution in [0.1, 0.15) is 32.6 Å². The summed E-state index contributed by atoms with van der Waals surface area (Å²) in [6, 6.07) is 0. The average molecular weight is 222 g/mol. The van der Waals surface area contributed by atoms with E-state index in [1.807, 2.05) is 13.0 Å². The van der Waals surface area contributed by atoms with Gasteiger partial charge in [0, 0.05) is 0 Å². The number of ether oxygens (including phenoxy) is 2. The molecule has 16 heavy (non-hydrogen) atoms. The lowest BCUT2D eigenvalue weighted by Gasteiger charge is -2.43. The Morgan fingerprint density at radius 3 is 2.88 bits per heavy atom. The van der Waals surface area contributed by atoms with Crippen LogP contribution in [0.3, 0.4) is 0 Å². The number of methoxy groups -OCH3 is 1. The van der Waals surface area contributed by atoms with Crippen LogP contribution >= 0.6 is 0 Å². The maximum absolute atomic E-state index is 12.1. The fraction of sp³-hybridized carbons (Fsp3) is 0.615. The van der Waals surface area contributed by atoms with Gasteiger partial charge >= 0.3 is 5.97 Å². The molecule has 1 heterocycles. The number of fused-ring (bicyclic) bond motifs is 1. The van der Waals surface area contributed by atoms with Crippen molar-refractivity contribution in [2.24, 2.45) is 5.41 Å². The summed E-state index contributed by atoms with van der Waals surface area (Å²) in [5.41, 5.74) is -1.23. The highest BCUT2D eigenvalue weighted by atomic mass is 16.5. The minimum absolute atomic E-state index is 0.205. The van der Waals surface area contributed by atoms with Crippen LogP contribution in [0.25, 0.3) is 0 Å². The van der Waals surface area contributed by atoms with Gasteiger partial charge in [-0.25, -0.2) is 0 Å². The molecule has 2 atom stereocenters. The van der Waals surface area contributed by atoms with Crippen LogP contribution in [0.15, 0.2) is 24.5 Å². The van der Waals surface area contributed by atoms with Crippen molar-refractivity contribution in [3.8, 4) is 0 Å². The Balaban J connectivity index is 2.49. The molecule has 0 spiro atoms. The number of rotatable bonds is 2. The van der Waals surface area contributed by atoms with Gasteiger partial charge in [-0.15, -0.1) is 0 Å². The zero-order chi connectivity index (χ0) is 11.8. The Kier molecular flexibility index (Phi) is 2.56. The summed E-state index contributed by atoms with van der Waals surface area (Å²) in [5, 5.41) is 0. The topological polar surface area (TPSA) is 35.5 Å². The van der Waals surface area contributed by atoms with Crippen LogP contribution in [0, 0.1) is 5.41 Å². The van der Waals surface area contributed by atoms with E-state index in [2.05, 4.69) is 6.58 Å². The molecule has 0 bridgehead atoms. The number of carbonyl (C=O) groups is 1. The van der Waals surface area contributed by atoms with Crippen molar-refractivity contribution in [2.45, 2.75) is 38.2 Å². The molecule has 2 rings (SSSR count). The molecule has 0 N–H and O–H groups in total. The molecule has 1 aliphatic heterocycles. The van der Waals surface area contributed by atoms with Crippen LogP contribution in [0.5, 0.6) is 0 Å². The molecule has 1 aliphatic carbocycles. The fourth-order valence-corrected chi connectivity index (χ4v) is 3.07. The number of hydrogen-bond donors (Lipinski definition) is 0. The molecule has 3 nitrogen and oxygen atoms in total. The van der Waals surface area contributed by atoms with E-state index in [1.165, 1.54) is 7.11 Å². The normalized spacial score (nSPS) is 37.0. The maximum atomic E-state index is 12.1. The van der Waals surface area contributed by atoms with Crippen molar-refractivity contribution in [3.63, 3.8) is 0 Å². The summed E-state index contributed by atoms with van der Waals surface area (Å²) in [6.45, 7) is 5.73. The van der Waals surface area contributed by atoms with Gasteiger partial charge in [0.2, 0.25) is 0 Å². The van der Waals surface area contributed by atoms with Gasteiger partial charge in [-0.2, -0.15) is 0 Å². The second-order valence-corrected chi connectivity index (χ2v) is 4.62. The molecule has 2 aliphatic rings. The number of hydrogen-bond acceptors (Lipinski definition) is 3. The number of carbonyl (C=O) groups excluding carboxylic acids is 1. The quantitative estimate of drug-likeness (QED) is 0.532. The van der Waals surface area contributed by atoms with Gasteiger partial charge in [0.05, 0.1) is 12.9 Å². The molecule has 3 heteroatoms. The SMILES string of the molecule is C=C[C@@]12CCCC[C@]1(C(=O)OC)C=C(C)O2. The largest absolute Gasteiger partial charge is 0.487 e. The van der Waals surface area contributed by atoms with Crippen molar-refractivity contribution in [3.05, 3.63) is 24.5 Å². The Morgan fingerprint density at radius 2 is 2.25 bits per heavy atom. The van der Waals surface area contributed by atoms with Crippen LogP contribution < -0.4 is 0 Å². The third-order valence-electron chi connectivity index (χ3n) is 3.80. The van der Waals surface area contributed by atoms with Crippen molar-refractivity contribution < 1.29 is 14.3 Å². The van der Waals surface area contributed by atoms with E-state index < -0.39 is 11.0 Å². The van der Waals surface area contributed by atoms with Gasteiger partial charge in [0.25, 0.3) is 0 Å². The second-order valence-electron chi connectivity index (χ2n) is 4.62. The molecule has 88 valence electrons. The molecular formula is C13H18O3. The Hall–Kier alpha value is -1.25. The summed E-state index contributed by atoms with van der Waals surface area (Å²) < 4.78 is 10.8. The van der Waals surface area contributed by atoms with E-state index in [-0.39, 0.29) is 5.97 Å².